The minimum Gasteiger partial charge on any atom is -0.463 e. The number of hydrogen-bond acceptors (Lipinski definition) is 7. The van der Waals surface area contributed by atoms with Gasteiger partial charge in [-0.1, -0.05) is 67.2 Å². The molecule has 1 aliphatic rings. The second kappa shape index (κ2) is 15.5. The Morgan fingerprint density at radius 1 is 0.837 bits per heavy atom. The molecule has 1 aliphatic carbocycles. The van der Waals surface area contributed by atoms with Crippen LogP contribution in [0, 0.1) is 10.8 Å². The molecular formula is C31H66O7Si5. The SMILES string of the molecule is CCCOC(=O)C=CC(=O)OC(C1(CCC)CCCCC1)(C(C)([SiH](O[SiH3])O[Si](C)(C)C)C(C)(C)C)[Si](C)(C)O[Si](C)(C)C. The number of ether oxygens (including phenoxy) is 2. The fraction of sp³-hybridized carbons (Fsp3) is 0.871. The summed E-state index contributed by atoms with van der Waals surface area (Å²) in [5.41, 5.74) is -0.680. The third kappa shape index (κ3) is 9.58. The normalized spacial score (nSPS) is 20.3. The van der Waals surface area contributed by atoms with Crippen LogP contribution in [0.2, 0.25) is 57.4 Å². The molecule has 0 aromatic carbocycles. The molecule has 3 unspecified atom stereocenters. The van der Waals surface area contributed by atoms with Crippen LogP contribution in [0.15, 0.2) is 12.2 Å². The van der Waals surface area contributed by atoms with E-state index in [0.29, 0.717) is 23.5 Å². The van der Waals surface area contributed by atoms with E-state index in [9.17, 15) is 9.59 Å². The fourth-order valence-corrected chi connectivity index (χ4v) is 27.6. The van der Waals surface area contributed by atoms with Crippen molar-refractivity contribution in [1.29, 1.82) is 0 Å². The van der Waals surface area contributed by atoms with Crippen molar-refractivity contribution < 1.29 is 31.4 Å². The maximum atomic E-state index is 14.2. The first-order valence-corrected chi connectivity index (χ1v) is 28.5. The molecule has 1 saturated carbocycles. The Kier molecular flexibility index (Phi) is 14.6. The lowest BCUT2D eigenvalue weighted by Gasteiger charge is -2.69. The second-order valence-corrected chi connectivity index (χ2v) is 33.8. The zero-order valence-electron chi connectivity index (χ0n) is 30.5. The van der Waals surface area contributed by atoms with Gasteiger partial charge in [0.05, 0.1) is 11.6 Å². The van der Waals surface area contributed by atoms with Crippen molar-refractivity contribution in [3.8, 4) is 0 Å². The summed E-state index contributed by atoms with van der Waals surface area (Å²) in [5, 5.41) is -1.65. The number of esters is 2. The largest absolute Gasteiger partial charge is 0.463 e. The van der Waals surface area contributed by atoms with E-state index < -0.39 is 56.4 Å². The molecule has 1 fully saturated rings. The van der Waals surface area contributed by atoms with E-state index in [-0.39, 0.29) is 10.8 Å². The Morgan fingerprint density at radius 3 is 1.79 bits per heavy atom. The highest BCUT2D eigenvalue weighted by atomic mass is 28.4. The van der Waals surface area contributed by atoms with Crippen molar-refractivity contribution in [2.24, 2.45) is 10.8 Å². The van der Waals surface area contributed by atoms with Gasteiger partial charge in [0.15, 0.2) is 16.6 Å². The van der Waals surface area contributed by atoms with Gasteiger partial charge in [0, 0.05) is 17.6 Å². The maximum Gasteiger partial charge on any atom is 0.331 e. The van der Waals surface area contributed by atoms with Gasteiger partial charge in [-0.3, -0.25) is 0 Å². The zero-order chi connectivity index (χ0) is 33.5. The van der Waals surface area contributed by atoms with Crippen LogP contribution in [-0.4, -0.2) is 68.5 Å². The van der Waals surface area contributed by atoms with Gasteiger partial charge in [-0.2, -0.15) is 0 Å². The van der Waals surface area contributed by atoms with Gasteiger partial charge in [0.1, 0.15) is 15.7 Å². The van der Waals surface area contributed by atoms with Gasteiger partial charge in [-0.25, -0.2) is 9.59 Å². The summed E-state index contributed by atoms with van der Waals surface area (Å²) in [5.74, 6) is -1.05. The third-order valence-electron chi connectivity index (χ3n) is 9.19. The van der Waals surface area contributed by atoms with E-state index in [1.165, 1.54) is 18.6 Å². The molecule has 0 aliphatic heterocycles. The van der Waals surface area contributed by atoms with Crippen molar-refractivity contribution in [3.05, 3.63) is 12.2 Å². The molecule has 7 nitrogen and oxygen atoms in total. The van der Waals surface area contributed by atoms with Crippen LogP contribution in [0.4, 0.5) is 0 Å². The molecule has 1 rings (SSSR count). The third-order valence-corrected chi connectivity index (χ3v) is 24.4. The zero-order valence-corrected chi connectivity index (χ0v) is 36.6. The molecule has 3 atom stereocenters. The summed E-state index contributed by atoms with van der Waals surface area (Å²) in [6.07, 6.45) is 10.4. The summed E-state index contributed by atoms with van der Waals surface area (Å²) >= 11 is 0. The molecule has 0 saturated heterocycles. The lowest BCUT2D eigenvalue weighted by molar-refractivity contribution is -0.180. The summed E-state index contributed by atoms with van der Waals surface area (Å²) < 4.78 is 33.6. The van der Waals surface area contributed by atoms with E-state index >= 15 is 0 Å². The van der Waals surface area contributed by atoms with Crippen LogP contribution >= 0.6 is 0 Å². The average molecular weight is 691 g/mol. The fourth-order valence-electron chi connectivity index (χ4n) is 7.82. The van der Waals surface area contributed by atoms with Gasteiger partial charge < -0.3 is 21.8 Å². The number of rotatable bonds is 16. The smallest absolute Gasteiger partial charge is 0.331 e. The first-order valence-electron chi connectivity index (χ1n) is 16.5. The van der Waals surface area contributed by atoms with Crippen molar-refractivity contribution in [2.75, 3.05) is 6.61 Å². The van der Waals surface area contributed by atoms with Gasteiger partial charge in [0.2, 0.25) is 8.32 Å². The van der Waals surface area contributed by atoms with E-state index in [2.05, 4.69) is 87.0 Å². The molecule has 0 radical (unpaired) electrons. The highest BCUT2D eigenvalue weighted by molar-refractivity contribution is 6.87. The number of carbonyl (C=O) groups is 2. The predicted molar refractivity (Wildman–Crippen MR) is 192 cm³/mol. The van der Waals surface area contributed by atoms with E-state index in [1.807, 2.05) is 6.92 Å². The number of hydrogen-bond donors (Lipinski definition) is 0. The van der Waals surface area contributed by atoms with Crippen LogP contribution in [-0.2, 0) is 31.4 Å². The van der Waals surface area contributed by atoms with Crippen LogP contribution in [0.25, 0.3) is 0 Å². The summed E-state index contributed by atoms with van der Waals surface area (Å²) in [7, 11) is -9.18. The van der Waals surface area contributed by atoms with Gasteiger partial charge in [0.25, 0.3) is 0 Å². The van der Waals surface area contributed by atoms with Crippen molar-refractivity contribution >= 4 is 56.7 Å². The Hall–Kier alpha value is -0.356. The Morgan fingerprint density at radius 2 is 1.37 bits per heavy atom. The first kappa shape index (κ1) is 40.7. The molecule has 0 aromatic rings. The molecule has 252 valence electrons. The minimum absolute atomic E-state index is 0.312. The first-order chi connectivity index (χ1) is 19.5. The molecule has 0 aromatic heterocycles. The highest BCUT2D eigenvalue weighted by Gasteiger charge is 2.77. The molecule has 43 heavy (non-hydrogen) atoms. The summed E-state index contributed by atoms with van der Waals surface area (Å²) in [6, 6.07) is 0. The summed E-state index contributed by atoms with van der Waals surface area (Å²) in [4.78, 5) is 26.7. The average Bonchev–Trinajstić information content (AvgIpc) is 2.85. The monoisotopic (exact) mass is 690 g/mol. The molecule has 12 heteroatoms. The van der Waals surface area contributed by atoms with E-state index in [4.69, 9.17) is 21.8 Å². The van der Waals surface area contributed by atoms with Crippen LogP contribution < -0.4 is 0 Å². The minimum atomic E-state index is -2.98. The Bertz CT molecular complexity index is 940. The Balaban J connectivity index is 4.36. The van der Waals surface area contributed by atoms with Gasteiger partial charge in [-0.15, -0.1) is 0 Å². The van der Waals surface area contributed by atoms with Crippen molar-refractivity contribution in [3.63, 3.8) is 0 Å². The van der Waals surface area contributed by atoms with Crippen molar-refractivity contribution in [1.82, 2.24) is 0 Å². The Labute approximate surface area is 272 Å². The van der Waals surface area contributed by atoms with E-state index in [1.54, 1.807) is 0 Å². The van der Waals surface area contributed by atoms with Crippen LogP contribution in [0.5, 0.6) is 0 Å². The van der Waals surface area contributed by atoms with Gasteiger partial charge in [-0.05, 0) is 83.5 Å². The van der Waals surface area contributed by atoms with E-state index in [0.717, 1.165) is 38.5 Å². The molecule has 0 amide bonds. The summed E-state index contributed by atoms with van der Waals surface area (Å²) in [6.45, 7) is 31.5. The molecular weight excluding hydrogens is 625 g/mol. The second-order valence-electron chi connectivity index (χ2n) is 16.2. The molecule has 0 heterocycles. The lowest BCUT2D eigenvalue weighted by Crippen LogP contribution is -2.79. The van der Waals surface area contributed by atoms with Gasteiger partial charge >= 0.3 is 21.2 Å². The predicted octanol–water partition coefficient (Wildman–Crippen LogP) is 7.30. The maximum absolute atomic E-state index is 14.2. The number of carbonyl (C=O) groups excluding carboxylic acids is 2. The molecule has 0 spiro atoms. The van der Waals surface area contributed by atoms with Crippen LogP contribution in [0.1, 0.15) is 92.9 Å². The molecule has 0 N–H and O–H groups in total. The van der Waals surface area contributed by atoms with Crippen LogP contribution in [0.3, 0.4) is 0 Å². The standard InChI is InChI=1S/C31H66O7Si5/c1-15-22-30(23-18-17-19-24-30)31(43(13,14)38-42(10,11)12,35-27(33)21-20-26(32)34-25-16-2)29(6,28(3,4)5)40(36-39)37-41(7,8)9/h20-21,40H,15-19,22-25H2,1-14,39H3. The quantitative estimate of drug-likeness (QED) is 0.0956. The lowest BCUT2D eigenvalue weighted by atomic mass is 9.59. The molecule has 0 bridgehead atoms. The topological polar surface area (TPSA) is 80.3 Å². The highest BCUT2D eigenvalue weighted by Crippen LogP contribution is 2.70. The van der Waals surface area contributed by atoms with Crippen molar-refractivity contribution in [2.45, 2.75) is 156 Å².